The van der Waals surface area contributed by atoms with Crippen LogP contribution in [0.3, 0.4) is 0 Å². The molecule has 4 heteroatoms. The average molecular weight is 378 g/mol. The van der Waals surface area contributed by atoms with Crippen LogP contribution in [0, 0.1) is 0 Å². The first-order valence-electron chi connectivity index (χ1n) is 3.28. The van der Waals surface area contributed by atoms with Crippen LogP contribution in [0.1, 0.15) is 13.8 Å². The molecule has 0 aliphatic rings. The van der Waals surface area contributed by atoms with Crippen LogP contribution in [0.5, 0.6) is 0 Å². The van der Waals surface area contributed by atoms with Crippen molar-refractivity contribution in [2.24, 2.45) is 0 Å². The van der Waals surface area contributed by atoms with Crippen LogP contribution < -0.4 is 10.6 Å². The van der Waals surface area contributed by atoms with Gasteiger partial charge in [-0.25, -0.2) is 0 Å². The van der Waals surface area contributed by atoms with Crippen molar-refractivity contribution in [1.29, 1.82) is 0 Å². The molecule has 0 saturated heterocycles. The molecule has 0 amide bonds. The number of halogens is 2. The molecule has 0 aromatic carbocycles. The van der Waals surface area contributed by atoms with Gasteiger partial charge in [0.05, 0.1) is 0 Å². The van der Waals surface area contributed by atoms with Crippen molar-refractivity contribution >= 4 is 45.2 Å². The van der Waals surface area contributed by atoms with Gasteiger partial charge in [0.2, 0.25) is 1.68 Å². The summed E-state index contributed by atoms with van der Waals surface area (Å²) < 4.78 is -0.130. The van der Waals surface area contributed by atoms with Gasteiger partial charge in [0.25, 0.3) is 0 Å². The Morgan fingerprint density at radius 1 is 1.00 bits per heavy atom. The van der Waals surface area contributed by atoms with Crippen molar-refractivity contribution < 1.29 is 0 Å². The zero-order chi connectivity index (χ0) is 8.74. The predicted octanol–water partition coefficient (Wildman–Crippen LogP) is 2.71. The lowest BCUT2D eigenvalue weighted by Crippen LogP contribution is -2.40. The van der Waals surface area contributed by atoms with Gasteiger partial charge >= 0.3 is 0 Å². The van der Waals surface area contributed by atoms with E-state index in [1.54, 1.807) is 0 Å². The zero-order valence-corrected chi connectivity index (χ0v) is 10.9. The molecule has 0 bridgehead atoms. The molecule has 0 rings (SSSR count). The highest BCUT2D eigenvalue weighted by molar-refractivity contribution is 14.2. The van der Waals surface area contributed by atoms with E-state index in [1.807, 2.05) is 38.4 Å². The minimum Gasteiger partial charge on any atom is -0.353 e. The third-order valence-electron chi connectivity index (χ3n) is 0.863. The van der Waals surface area contributed by atoms with E-state index in [0.29, 0.717) is 0 Å². The molecular weight excluding hydrogens is 366 g/mol. The van der Waals surface area contributed by atoms with E-state index in [-0.39, 0.29) is 1.68 Å². The Hall–Kier alpha value is 0.540. The molecule has 64 valence electrons. The molecule has 0 atom stereocenters. The topological polar surface area (TPSA) is 24.1 Å². The lowest BCUT2D eigenvalue weighted by Gasteiger charge is -2.21. The number of rotatable bonds is 4. The first-order valence-corrected chi connectivity index (χ1v) is 5.43. The highest BCUT2D eigenvalue weighted by Gasteiger charge is 2.15. The summed E-state index contributed by atoms with van der Waals surface area (Å²) in [5, 5.41) is 6.35. The molecule has 0 heterocycles. The second-order valence-electron chi connectivity index (χ2n) is 1.86. The fourth-order valence-corrected chi connectivity index (χ4v) is 1.14. The fourth-order valence-electron chi connectivity index (χ4n) is 0.418. The van der Waals surface area contributed by atoms with E-state index in [4.69, 9.17) is 0 Å². The summed E-state index contributed by atoms with van der Waals surface area (Å²) in [7, 11) is 0. The van der Waals surface area contributed by atoms with Gasteiger partial charge in [-0.15, -0.1) is 0 Å². The van der Waals surface area contributed by atoms with Crippen LogP contribution in [0.25, 0.3) is 0 Å². The van der Waals surface area contributed by atoms with Gasteiger partial charge in [0.15, 0.2) is 0 Å². The van der Waals surface area contributed by atoms with E-state index in [2.05, 4.69) is 55.8 Å². The van der Waals surface area contributed by atoms with Gasteiger partial charge in [-0.2, -0.15) is 0 Å². The molecular formula is C7H12I2N2. The first kappa shape index (κ1) is 11.5. The largest absolute Gasteiger partial charge is 0.353 e. The number of nitrogens with one attached hydrogen (secondary N) is 2. The lowest BCUT2D eigenvalue weighted by molar-refractivity contribution is 0.715. The van der Waals surface area contributed by atoms with E-state index in [0.717, 1.165) is 0 Å². The fraction of sp³-hybridized carbons (Fsp3) is 0.429. The van der Waals surface area contributed by atoms with Gasteiger partial charge in [0, 0.05) is 0 Å². The second kappa shape index (κ2) is 6.10. The number of hydrogen-bond donors (Lipinski definition) is 2. The molecule has 0 aliphatic carbocycles. The Bertz CT molecular complexity index is 137. The van der Waals surface area contributed by atoms with Gasteiger partial charge in [0.1, 0.15) is 0 Å². The van der Waals surface area contributed by atoms with Crippen molar-refractivity contribution in [3.63, 3.8) is 0 Å². The van der Waals surface area contributed by atoms with E-state index in [1.165, 1.54) is 0 Å². The molecule has 2 N–H and O–H groups in total. The molecule has 11 heavy (non-hydrogen) atoms. The normalized spacial score (nSPS) is 12.7. The van der Waals surface area contributed by atoms with Gasteiger partial charge < -0.3 is 10.6 Å². The number of allylic oxidation sites excluding steroid dienone is 2. The minimum atomic E-state index is -0.130. The summed E-state index contributed by atoms with van der Waals surface area (Å²) >= 11 is 4.57. The standard InChI is InChI=1S/C7H12I2N2/c1-3-5-10-7(8,9)11-6-4-2/h3-6,10-11H,1-2H3/b5-3-,6-4-. The van der Waals surface area contributed by atoms with Crippen LogP contribution >= 0.6 is 45.2 Å². The first-order chi connectivity index (χ1) is 5.12. The molecule has 0 aromatic heterocycles. The maximum absolute atomic E-state index is 3.17. The van der Waals surface area contributed by atoms with Crippen molar-refractivity contribution in [1.82, 2.24) is 10.6 Å². The summed E-state index contributed by atoms with van der Waals surface area (Å²) in [6, 6.07) is 0. The zero-order valence-electron chi connectivity index (χ0n) is 6.57. The molecule has 0 aliphatic heterocycles. The maximum Gasteiger partial charge on any atom is 0.212 e. The monoisotopic (exact) mass is 378 g/mol. The molecule has 0 unspecified atom stereocenters. The van der Waals surface area contributed by atoms with Crippen molar-refractivity contribution in [3.05, 3.63) is 24.6 Å². The summed E-state index contributed by atoms with van der Waals surface area (Å²) in [5.41, 5.74) is 0. The predicted molar refractivity (Wildman–Crippen MR) is 66.7 cm³/mol. The lowest BCUT2D eigenvalue weighted by atomic mass is 10.7. The van der Waals surface area contributed by atoms with Crippen molar-refractivity contribution in [2.75, 3.05) is 0 Å². The SMILES string of the molecule is C/C=C\NC(I)(I)N/C=C\C. The molecule has 0 spiro atoms. The highest BCUT2D eigenvalue weighted by Crippen LogP contribution is 2.19. The smallest absolute Gasteiger partial charge is 0.212 e. The Morgan fingerprint density at radius 2 is 1.36 bits per heavy atom. The average Bonchev–Trinajstić information content (AvgIpc) is 1.97. The van der Waals surface area contributed by atoms with Gasteiger partial charge in [-0.05, 0) is 71.4 Å². The van der Waals surface area contributed by atoms with Crippen LogP contribution in [-0.4, -0.2) is 1.68 Å². The highest BCUT2D eigenvalue weighted by atomic mass is 127. The number of alkyl halides is 2. The third-order valence-corrected chi connectivity index (χ3v) is 2.11. The van der Waals surface area contributed by atoms with Crippen LogP contribution in [-0.2, 0) is 0 Å². The second-order valence-corrected chi connectivity index (χ2v) is 7.16. The summed E-state index contributed by atoms with van der Waals surface area (Å²) in [6.45, 7) is 3.96. The Morgan fingerprint density at radius 3 is 1.64 bits per heavy atom. The molecule has 0 radical (unpaired) electrons. The third kappa shape index (κ3) is 6.92. The maximum atomic E-state index is 3.17. The minimum absolute atomic E-state index is 0.130. The van der Waals surface area contributed by atoms with E-state index >= 15 is 0 Å². The summed E-state index contributed by atoms with van der Waals surface area (Å²) in [5.74, 6) is 0. The summed E-state index contributed by atoms with van der Waals surface area (Å²) in [4.78, 5) is 0. The Labute approximate surface area is 95.2 Å². The number of hydrogen-bond acceptors (Lipinski definition) is 2. The van der Waals surface area contributed by atoms with Crippen molar-refractivity contribution in [3.8, 4) is 0 Å². The molecule has 0 aromatic rings. The Balaban J connectivity index is 3.78. The van der Waals surface area contributed by atoms with Crippen LogP contribution in [0.2, 0.25) is 0 Å². The van der Waals surface area contributed by atoms with Gasteiger partial charge in [-0.3, -0.25) is 0 Å². The van der Waals surface area contributed by atoms with Crippen LogP contribution in [0.15, 0.2) is 24.6 Å². The van der Waals surface area contributed by atoms with E-state index in [9.17, 15) is 0 Å². The molecule has 0 fully saturated rings. The molecule has 0 saturated carbocycles. The summed E-state index contributed by atoms with van der Waals surface area (Å²) in [6.07, 6.45) is 7.75. The van der Waals surface area contributed by atoms with Crippen molar-refractivity contribution in [2.45, 2.75) is 15.5 Å². The Kier molecular flexibility index (Phi) is 6.40. The van der Waals surface area contributed by atoms with Crippen LogP contribution in [0.4, 0.5) is 0 Å². The molecule has 2 nitrogen and oxygen atoms in total. The quantitative estimate of drug-likeness (QED) is 0.340. The van der Waals surface area contributed by atoms with E-state index < -0.39 is 0 Å². The van der Waals surface area contributed by atoms with Gasteiger partial charge in [-0.1, -0.05) is 12.2 Å².